The Labute approximate surface area is 172 Å². The van der Waals surface area contributed by atoms with Gasteiger partial charge in [-0.1, -0.05) is 30.3 Å². The molecule has 0 unspecified atom stereocenters. The van der Waals surface area contributed by atoms with E-state index >= 15 is 0 Å². The van der Waals surface area contributed by atoms with Crippen molar-refractivity contribution >= 4 is 50.3 Å². The van der Waals surface area contributed by atoms with E-state index in [0.717, 1.165) is 25.6 Å². The molecule has 3 aromatic heterocycles. The Morgan fingerprint density at radius 2 is 2.07 bits per heavy atom. The molecule has 0 saturated heterocycles. The van der Waals surface area contributed by atoms with E-state index in [4.69, 9.17) is 0 Å². The molecule has 4 aromatic rings. The van der Waals surface area contributed by atoms with Crippen LogP contribution in [0.25, 0.3) is 10.6 Å². The predicted octanol–water partition coefficient (Wildman–Crippen LogP) is 5.44. The molecule has 0 radical (unpaired) electrons. The highest BCUT2D eigenvalue weighted by atomic mass is 79.9. The van der Waals surface area contributed by atoms with Crippen LogP contribution in [0.2, 0.25) is 0 Å². The second-order valence-electron chi connectivity index (χ2n) is 5.86. The first kappa shape index (κ1) is 18.1. The predicted molar refractivity (Wildman–Crippen MR) is 114 cm³/mol. The quantitative estimate of drug-likeness (QED) is 0.433. The first-order valence-corrected chi connectivity index (χ1v) is 10.7. The third-order valence-corrected chi connectivity index (χ3v) is 6.80. The van der Waals surface area contributed by atoms with Gasteiger partial charge in [-0.3, -0.25) is 4.79 Å². The fourth-order valence-corrected chi connectivity index (χ4v) is 5.03. The van der Waals surface area contributed by atoms with E-state index in [1.807, 2.05) is 42.6 Å². The molecule has 136 valence electrons. The van der Waals surface area contributed by atoms with E-state index in [1.54, 1.807) is 28.3 Å². The number of carbonyl (C=O) groups excluding carboxylic acids is 1. The Bertz CT molecular complexity index is 1080. The molecule has 5 nitrogen and oxygen atoms in total. The standard InChI is InChI=1S/C19H15BrN4OS2/c1-12-17(27-19(22-12)13-5-3-2-4-6-13)18(25)23-16-7-8-21-24(16)10-15-9-14(20)11-26-15/h2-9,11H,10H2,1H3,(H,23,25). The van der Waals surface area contributed by atoms with Gasteiger partial charge in [0, 0.05) is 26.4 Å². The molecule has 0 fully saturated rings. The number of benzene rings is 1. The highest BCUT2D eigenvalue weighted by Gasteiger charge is 2.18. The van der Waals surface area contributed by atoms with Crippen molar-refractivity contribution in [1.82, 2.24) is 14.8 Å². The van der Waals surface area contributed by atoms with Crippen molar-refractivity contribution < 1.29 is 4.79 Å². The molecule has 0 atom stereocenters. The maximum absolute atomic E-state index is 12.8. The van der Waals surface area contributed by atoms with Crippen molar-refractivity contribution in [3.05, 3.63) is 74.0 Å². The van der Waals surface area contributed by atoms with E-state index in [0.29, 0.717) is 17.2 Å². The number of carbonyl (C=O) groups is 1. The van der Waals surface area contributed by atoms with Gasteiger partial charge >= 0.3 is 0 Å². The van der Waals surface area contributed by atoms with E-state index in [2.05, 4.69) is 37.4 Å². The van der Waals surface area contributed by atoms with Crippen molar-refractivity contribution in [1.29, 1.82) is 0 Å². The van der Waals surface area contributed by atoms with Crippen LogP contribution in [0.15, 0.2) is 58.5 Å². The summed E-state index contributed by atoms with van der Waals surface area (Å²) in [5.41, 5.74) is 1.74. The highest BCUT2D eigenvalue weighted by Crippen LogP contribution is 2.28. The Morgan fingerprint density at radius 1 is 1.26 bits per heavy atom. The summed E-state index contributed by atoms with van der Waals surface area (Å²) in [7, 11) is 0. The molecule has 3 heterocycles. The largest absolute Gasteiger partial charge is 0.306 e. The van der Waals surface area contributed by atoms with Crippen LogP contribution in [0.3, 0.4) is 0 Å². The first-order valence-electron chi connectivity index (χ1n) is 8.19. The lowest BCUT2D eigenvalue weighted by Gasteiger charge is -2.07. The van der Waals surface area contributed by atoms with Crippen LogP contribution in [0.1, 0.15) is 20.2 Å². The molecule has 1 amide bonds. The van der Waals surface area contributed by atoms with Gasteiger partial charge in [-0.25, -0.2) is 9.67 Å². The summed E-state index contributed by atoms with van der Waals surface area (Å²) in [4.78, 5) is 19.1. The van der Waals surface area contributed by atoms with Crippen LogP contribution < -0.4 is 5.32 Å². The molecule has 0 bridgehead atoms. The number of nitrogens with one attached hydrogen (secondary N) is 1. The zero-order valence-corrected chi connectivity index (χ0v) is 17.6. The second kappa shape index (κ2) is 7.75. The highest BCUT2D eigenvalue weighted by molar-refractivity contribution is 9.10. The Hall–Kier alpha value is -2.29. The molecule has 27 heavy (non-hydrogen) atoms. The van der Waals surface area contributed by atoms with Gasteiger partial charge in [0.15, 0.2) is 0 Å². The molecular weight excluding hydrogens is 444 g/mol. The number of aryl methyl sites for hydroxylation is 1. The van der Waals surface area contributed by atoms with Crippen LogP contribution in [-0.4, -0.2) is 20.7 Å². The van der Waals surface area contributed by atoms with Crippen molar-refractivity contribution in [2.24, 2.45) is 0 Å². The fraction of sp³-hybridized carbons (Fsp3) is 0.105. The van der Waals surface area contributed by atoms with Crippen LogP contribution in [0.5, 0.6) is 0 Å². The van der Waals surface area contributed by atoms with Crippen molar-refractivity contribution in [2.75, 3.05) is 5.32 Å². The van der Waals surface area contributed by atoms with Gasteiger partial charge in [-0.15, -0.1) is 22.7 Å². The molecule has 0 aliphatic heterocycles. The van der Waals surface area contributed by atoms with Gasteiger partial charge in [-0.2, -0.15) is 5.10 Å². The third-order valence-electron chi connectivity index (χ3n) is 3.91. The molecule has 1 N–H and O–H groups in total. The van der Waals surface area contributed by atoms with E-state index in [1.165, 1.54) is 11.3 Å². The number of anilines is 1. The van der Waals surface area contributed by atoms with Gasteiger partial charge in [0.05, 0.1) is 18.4 Å². The summed E-state index contributed by atoms with van der Waals surface area (Å²) in [6, 6.07) is 13.7. The molecule has 4 rings (SSSR count). The summed E-state index contributed by atoms with van der Waals surface area (Å²) in [6.45, 7) is 2.47. The summed E-state index contributed by atoms with van der Waals surface area (Å²) in [5.74, 6) is 0.500. The molecule has 8 heteroatoms. The van der Waals surface area contributed by atoms with Crippen LogP contribution in [0.4, 0.5) is 5.82 Å². The minimum atomic E-state index is -0.165. The van der Waals surface area contributed by atoms with Gasteiger partial charge in [0.2, 0.25) is 0 Å². The average Bonchev–Trinajstić information content (AvgIpc) is 3.37. The summed E-state index contributed by atoms with van der Waals surface area (Å²) in [5, 5.41) is 10.2. The topological polar surface area (TPSA) is 59.8 Å². The monoisotopic (exact) mass is 458 g/mol. The Balaban J connectivity index is 1.54. The molecule has 0 saturated carbocycles. The molecular formula is C19H15BrN4OS2. The maximum Gasteiger partial charge on any atom is 0.268 e. The lowest BCUT2D eigenvalue weighted by atomic mass is 10.2. The van der Waals surface area contributed by atoms with Gasteiger partial charge < -0.3 is 5.32 Å². The van der Waals surface area contributed by atoms with Crippen LogP contribution >= 0.6 is 38.6 Å². The van der Waals surface area contributed by atoms with Crippen molar-refractivity contribution in [3.63, 3.8) is 0 Å². The van der Waals surface area contributed by atoms with E-state index in [9.17, 15) is 4.79 Å². The normalized spacial score (nSPS) is 10.9. The minimum Gasteiger partial charge on any atom is -0.306 e. The number of thiophene rings is 1. The molecule has 0 aliphatic rings. The second-order valence-corrected chi connectivity index (χ2v) is 8.77. The lowest BCUT2D eigenvalue weighted by Crippen LogP contribution is -2.15. The number of nitrogens with zero attached hydrogens (tertiary/aromatic N) is 3. The number of rotatable bonds is 5. The molecule has 0 aliphatic carbocycles. The maximum atomic E-state index is 12.8. The Kier molecular flexibility index (Phi) is 5.20. The van der Waals surface area contributed by atoms with Crippen LogP contribution in [0, 0.1) is 6.92 Å². The van der Waals surface area contributed by atoms with Gasteiger partial charge in [0.1, 0.15) is 15.7 Å². The number of amides is 1. The SMILES string of the molecule is Cc1nc(-c2ccccc2)sc1C(=O)Nc1ccnn1Cc1cc(Br)cs1. The summed E-state index contributed by atoms with van der Waals surface area (Å²) in [6.07, 6.45) is 1.69. The number of aromatic nitrogens is 3. The van der Waals surface area contributed by atoms with Gasteiger partial charge in [-0.05, 0) is 28.9 Å². The summed E-state index contributed by atoms with van der Waals surface area (Å²) >= 11 is 6.51. The Morgan fingerprint density at radius 3 is 2.81 bits per heavy atom. The molecule has 0 spiro atoms. The number of thiazole rings is 1. The number of hydrogen-bond acceptors (Lipinski definition) is 5. The van der Waals surface area contributed by atoms with Crippen molar-refractivity contribution in [2.45, 2.75) is 13.5 Å². The average molecular weight is 459 g/mol. The zero-order valence-electron chi connectivity index (χ0n) is 14.3. The zero-order chi connectivity index (χ0) is 18.8. The van der Waals surface area contributed by atoms with E-state index < -0.39 is 0 Å². The first-order chi connectivity index (χ1) is 13.1. The molecule has 1 aromatic carbocycles. The van der Waals surface area contributed by atoms with E-state index in [-0.39, 0.29) is 5.91 Å². The van der Waals surface area contributed by atoms with Gasteiger partial charge in [0.25, 0.3) is 5.91 Å². The minimum absolute atomic E-state index is 0.165. The van der Waals surface area contributed by atoms with Crippen molar-refractivity contribution in [3.8, 4) is 10.6 Å². The lowest BCUT2D eigenvalue weighted by molar-refractivity contribution is 0.102. The summed E-state index contributed by atoms with van der Waals surface area (Å²) < 4.78 is 2.83. The number of halogens is 1. The number of hydrogen-bond donors (Lipinski definition) is 1. The third kappa shape index (κ3) is 4.02. The van der Waals surface area contributed by atoms with Crippen LogP contribution in [-0.2, 0) is 6.54 Å². The fourth-order valence-electron chi connectivity index (χ4n) is 2.63. The smallest absolute Gasteiger partial charge is 0.268 e.